The van der Waals surface area contributed by atoms with Gasteiger partial charge in [0.2, 0.25) is 0 Å². The van der Waals surface area contributed by atoms with E-state index < -0.39 is 17.5 Å². The SMILES string of the molecule is CC(C)(C)OC(=O)N1CC2(CC(=Cc3ccc(C(F)(F)F)nn3)C2)C1. The van der Waals surface area contributed by atoms with E-state index in [2.05, 4.69) is 10.2 Å². The molecule has 0 aromatic carbocycles. The summed E-state index contributed by atoms with van der Waals surface area (Å²) in [5.74, 6) is 0. The van der Waals surface area contributed by atoms with Gasteiger partial charge in [0.05, 0.1) is 5.69 Å². The van der Waals surface area contributed by atoms with Crippen LogP contribution in [-0.2, 0) is 10.9 Å². The molecule has 1 spiro atoms. The minimum atomic E-state index is -4.48. The highest BCUT2D eigenvalue weighted by Crippen LogP contribution is 2.52. The fraction of sp³-hybridized carbons (Fsp3) is 0.588. The molecule has 136 valence electrons. The van der Waals surface area contributed by atoms with Crippen LogP contribution < -0.4 is 0 Å². The summed E-state index contributed by atoms with van der Waals surface area (Å²) in [6.45, 7) is 6.79. The van der Waals surface area contributed by atoms with Crippen LogP contribution in [0.2, 0.25) is 0 Å². The number of alkyl halides is 3. The maximum Gasteiger partial charge on any atom is 0.435 e. The van der Waals surface area contributed by atoms with Crippen molar-refractivity contribution in [1.29, 1.82) is 0 Å². The van der Waals surface area contributed by atoms with Crippen molar-refractivity contribution in [3.63, 3.8) is 0 Å². The first-order valence-electron chi connectivity index (χ1n) is 8.04. The van der Waals surface area contributed by atoms with Gasteiger partial charge >= 0.3 is 12.3 Å². The summed E-state index contributed by atoms with van der Waals surface area (Å²) < 4.78 is 42.7. The van der Waals surface area contributed by atoms with Crippen LogP contribution in [0.1, 0.15) is 45.0 Å². The van der Waals surface area contributed by atoms with Gasteiger partial charge in [0.15, 0.2) is 5.69 Å². The van der Waals surface area contributed by atoms with Gasteiger partial charge in [-0.1, -0.05) is 5.57 Å². The minimum Gasteiger partial charge on any atom is -0.444 e. The summed E-state index contributed by atoms with van der Waals surface area (Å²) in [6, 6.07) is 2.25. The average molecular weight is 355 g/mol. The Labute approximate surface area is 143 Å². The number of carbonyl (C=O) groups is 1. The van der Waals surface area contributed by atoms with E-state index in [0.717, 1.165) is 24.5 Å². The Hall–Kier alpha value is -2.12. The summed E-state index contributed by atoms with van der Waals surface area (Å²) in [5, 5.41) is 6.82. The van der Waals surface area contributed by atoms with Crippen LogP contribution in [0.25, 0.3) is 6.08 Å². The van der Waals surface area contributed by atoms with Crippen LogP contribution in [0, 0.1) is 5.41 Å². The van der Waals surface area contributed by atoms with Crippen molar-refractivity contribution in [3.05, 3.63) is 29.1 Å². The van der Waals surface area contributed by atoms with E-state index in [1.54, 1.807) is 11.0 Å². The van der Waals surface area contributed by atoms with Gasteiger partial charge in [-0.05, 0) is 51.8 Å². The summed E-state index contributed by atoms with van der Waals surface area (Å²) in [5.41, 5.74) is 0.110. The minimum absolute atomic E-state index is 0.0854. The number of allylic oxidation sites excluding steroid dienone is 1. The van der Waals surface area contributed by atoms with E-state index in [4.69, 9.17) is 4.74 Å². The number of nitrogens with zero attached hydrogens (tertiary/aromatic N) is 3. The fourth-order valence-electron chi connectivity index (χ4n) is 3.24. The van der Waals surface area contributed by atoms with Crippen molar-refractivity contribution in [2.24, 2.45) is 5.41 Å². The number of hydrogen-bond acceptors (Lipinski definition) is 4. The van der Waals surface area contributed by atoms with Gasteiger partial charge in [0.1, 0.15) is 5.60 Å². The summed E-state index contributed by atoms with van der Waals surface area (Å²) in [7, 11) is 0. The molecule has 1 aliphatic heterocycles. The number of halogens is 3. The largest absolute Gasteiger partial charge is 0.444 e. The van der Waals surface area contributed by atoms with Gasteiger partial charge in [0, 0.05) is 18.5 Å². The van der Waals surface area contributed by atoms with Crippen LogP contribution in [0.3, 0.4) is 0 Å². The lowest BCUT2D eigenvalue weighted by Gasteiger charge is -2.56. The van der Waals surface area contributed by atoms with Crippen molar-refractivity contribution < 1.29 is 22.7 Å². The van der Waals surface area contributed by atoms with Crippen LogP contribution in [0.4, 0.5) is 18.0 Å². The molecule has 1 saturated carbocycles. The number of aromatic nitrogens is 2. The molecule has 1 aliphatic carbocycles. The third-order valence-corrected chi connectivity index (χ3v) is 4.24. The molecule has 2 aliphatic rings. The molecule has 2 heterocycles. The highest BCUT2D eigenvalue weighted by atomic mass is 19.4. The Balaban J connectivity index is 1.52. The second-order valence-corrected chi connectivity index (χ2v) is 7.83. The molecule has 1 aromatic rings. The topological polar surface area (TPSA) is 55.3 Å². The number of rotatable bonds is 1. The normalized spacial score (nSPS) is 19.3. The van der Waals surface area contributed by atoms with Crippen LogP contribution in [0.15, 0.2) is 17.7 Å². The van der Waals surface area contributed by atoms with Gasteiger partial charge < -0.3 is 9.64 Å². The Morgan fingerprint density at radius 3 is 2.32 bits per heavy atom. The zero-order valence-electron chi connectivity index (χ0n) is 14.4. The zero-order chi connectivity index (χ0) is 18.5. The van der Waals surface area contributed by atoms with Gasteiger partial charge in [-0.3, -0.25) is 0 Å². The van der Waals surface area contributed by atoms with E-state index in [9.17, 15) is 18.0 Å². The van der Waals surface area contributed by atoms with E-state index in [1.807, 2.05) is 20.8 Å². The predicted octanol–water partition coefficient (Wildman–Crippen LogP) is 3.91. The Kier molecular flexibility index (Phi) is 4.04. The molecule has 1 saturated heterocycles. The van der Waals surface area contributed by atoms with Crippen molar-refractivity contribution in [1.82, 2.24) is 15.1 Å². The standard InChI is InChI=1S/C17H20F3N3O2/c1-15(2,3)25-14(24)23-9-16(10-23)7-11(8-16)6-12-4-5-13(22-21-12)17(18,19)20/h4-6H,7-10H2,1-3H3. The lowest BCUT2D eigenvalue weighted by molar-refractivity contribution is -0.141. The molecule has 3 rings (SSSR count). The first kappa shape index (κ1) is 17.7. The lowest BCUT2D eigenvalue weighted by atomic mass is 9.60. The highest BCUT2D eigenvalue weighted by molar-refractivity contribution is 5.70. The molecule has 8 heteroatoms. The van der Waals surface area contributed by atoms with E-state index in [-0.39, 0.29) is 11.5 Å². The monoisotopic (exact) mass is 355 g/mol. The van der Waals surface area contributed by atoms with Crippen molar-refractivity contribution >= 4 is 12.2 Å². The summed E-state index contributed by atoms with van der Waals surface area (Å²) >= 11 is 0. The predicted molar refractivity (Wildman–Crippen MR) is 84.5 cm³/mol. The maximum atomic E-state index is 12.5. The third-order valence-electron chi connectivity index (χ3n) is 4.24. The summed E-state index contributed by atoms with van der Waals surface area (Å²) in [4.78, 5) is 13.6. The second kappa shape index (κ2) is 5.71. The highest BCUT2D eigenvalue weighted by Gasteiger charge is 2.52. The van der Waals surface area contributed by atoms with Gasteiger partial charge in [0.25, 0.3) is 0 Å². The van der Waals surface area contributed by atoms with Crippen LogP contribution in [-0.4, -0.2) is 39.9 Å². The molecular weight excluding hydrogens is 335 g/mol. The second-order valence-electron chi connectivity index (χ2n) is 7.83. The van der Waals surface area contributed by atoms with Crippen molar-refractivity contribution in [2.45, 2.75) is 45.4 Å². The third kappa shape index (κ3) is 3.93. The number of carbonyl (C=O) groups excluding carboxylic acids is 1. The van der Waals surface area contributed by atoms with Crippen molar-refractivity contribution in [2.75, 3.05) is 13.1 Å². The first-order valence-corrected chi connectivity index (χ1v) is 8.04. The maximum absolute atomic E-state index is 12.5. The quantitative estimate of drug-likeness (QED) is 0.766. The Bertz CT molecular complexity index is 689. The Morgan fingerprint density at radius 2 is 1.84 bits per heavy atom. The molecule has 0 N–H and O–H groups in total. The van der Waals surface area contributed by atoms with Crippen molar-refractivity contribution in [3.8, 4) is 0 Å². The number of hydrogen-bond donors (Lipinski definition) is 0. The molecule has 0 radical (unpaired) electrons. The molecule has 0 atom stereocenters. The fourth-order valence-corrected chi connectivity index (χ4v) is 3.24. The van der Waals surface area contributed by atoms with Gasteiger partial charge in [-0.15, -0.1) is 5.10 Å². The molecule has 25 heavy (non-hydrogen) atoms. The molecule has 1 amide bonds. The molecule has 2 fully saturated rings. The van der Waals surface area contributed by atoms with Gasteiger partial charge in [-0.2, -0.15) is 18.3 Å². The molecule has 0 unspecified atom stereocenters. The van der Waals surface area contributed by atoms with E-state index in [0.29, 0.717) is 18.8 Å². The molecule has 1 aromatic heterocycles. The summed E-state index contributed by atoms with van der Waals surface area (Å²) in [6.07, 6.45) is -1.38. The first-order chi connectivity index (χ1) is 11.5. The number of amides is 1. The van der Waals surface area contributed by atoms with E-state index >= 15 is 0 Å². The smallest absolute Gasteiger partial charge is 0.435 e. The van der Waals surface area contributed by atoms with E-state index in [1.165, 1.54) is 6.07 Å². The average Bonchev–Trinajstić information content (AvgIpc) is 2.37. The van der Waals surface area contributed by atoms with Crippen LogP contribution >= 0.6 is 0 Å². The molecule has 5 nitrogen and oxygen atoms in total. The molecule has 0 bridgehead atoms. The lowest BCUT2D eigenvalue weighted by Crippen LogP contribution is -2.62. The van der Waals surface area contributed by atoms with Crippen LogP contribution in [0.5, 0.6) is 0 Å². The van der Waals surface area contributed by atoms with Gasteiger partial charge in [-0.25, -0.2) is 4.79 Å². The zero-order valence-corrected chi connectivity index (χ0v) is 14.4. The molecular formula is C17H20F3N3O2. The Morgan fingerprint density at radius 1 is 1.20 bits per heavy atom. The number of ether oxygens (including phenoxy) is 1. The number of likely N-dealkylation sites (tertiary alicyclic amines) is 1.